The van der Waals surface area contributed by atoms with Gasteiger partial charge in [0.2, 0.25) is 5.91 Å². The van der Waals surface area contributed by atoms with E-state index < -0.39 is 0 Å². The highest BCUT2D eigenvalue weighted by Gasteiger charge is 2.15. The Balaban J connectivity index is 1.50. The standard InChI is InChI=1S/C17H21N3OS2/c1-12-19-20-17(23-12)22-11-16(21)18-15-9-7-14(8-10-15)13-5-3-2-4-6-13/h7-10,13H,2-6,11H2,1H3,(H,18,21). The van der Waals surface area contributed by atoms with Crippen molar-refractivity contribution in [1.29, 1.82) is 0 Å². The van der Waals surface area contributed by atoms with Crippen LogP contribution >= 0.6 is 23.1 Å². The normalized spacial score (nSPS) is 15.5. The Kier molecular flexibility index (Phi) is 5.67. The third-order valence-electron chi connectivity index (χ3n) is 4.11. The number of nitrogens with one attached hydrogen (secondary N) is 1. The number of anilines is 1. The van der Waals surface area contributed by atoms with Gasteiger partial charge in [0.25, 0.3) is 0 Å². The van der Waals surface area contributed by atoms with E-state index in [-0.39, 0.29) is 5.91 Å². The molecule has 1 aromatic carbocycles. The number of rotatable bonds is 5. The molecule has 122 valence electrons. The summed E-state index contributed by atoms with van der Waals surface area (Å²) in [5.41, 5.74) is 2.27. The number of hydrogen-bond acceptors (Lipinski definition) is 5. The molecular weight excluding hydrogens is 326 g/mol. The molecule has 0 spiro atoms. The first-order valence-corrected chi connectivity index (χ1v) is 9.83. The molecule has 2 aromatic rings. The quantitative estimate of drug-likeness (QED) is 0.802. The summed E-state index contributed by atoms with van der Waals surface area (Å²) in [6, 6.07) is 8.35. The predicted molar refractivity (Wildman–Crippen MR) is 96.3 cm³/mol. The molecule has 4 nitrogen and oxygen atoms in total. The largest absolute Gasteiger partial charge is 0.325 e. The molecule has 0 bridgehead atoms. The monoisotopic (exact) mass is 347 g/mol. The molecule has 1 heterocycles. The number of amides is 1. The van der Waals surface area contributed by atoms with Crippen molar-refractivity contribution in [2.75, 3.05) is 11.1 Å². The van der Waals surface area contributed by atoms with Crippen LogP contribution in [0.1, 0.15) is 48.6 Å². The smallest absolute Gasteiger partial charge is 0.234 e. The zero-order valence-electron chi connectivity index (χ0n) is 13.2. The third kappa shape index (κ3) is 4.78. The van der Waals surface area contributed by atoms with Crippen LogP contribution in [0.5, 0.6) is 0 Å². The lowest BCUT2D eigenvalue weighted by Crippen LogP contribution is -2.14. The number of benzene rings is 1. The lowest BCUT2D eigenvalue weighted by Gasteiger charge is -2.22. The van der Waals surface area contributed by atoms with Gasteiger partial charge in [0.1, 0.15) is 5.01 Å². The van der Waals surface area contributed by atoms with E-state index in [0.29, 0.717) is 11.7 Å². The van der Waals surface area contributed by atoms with E-state index >= 15 is 0 Å². The summed E-state index contributed by atoms with van der Waals surface area (Å²) >= 11 is 2.94. The minimum absolute atomic E-state index is 0.00623. The molecule has 0 saturated heterocycles. The lowest BCUT2D eigenvalue weighted by atomic mass is 9.84. The van der Waals surface area contributed by atoms with Crippen molar-refractivity contribution < 1.29 is 4.79 Å². The van der Waals surface area contributed by atoms with Crippen molar-refractivity contribution in [2.24, 2.45) is 0 Å². The fourth-order valence-electron chi connectivity index (χ4n) is 2.94. The number of aromatic nitrogens is 2. The molecule has 1 aliphatic rings. The van der Waals surface area contributed by atoms with Gasteiger partial charge in [0.15, 0.2) is 4.34 Å². The molecule has 0 unspecified atom stereocenters. The van der Waals surface area contributed by atoms with Gasteiger partial charge in [0, 0.05) is 5.69 Å². The first-order chi connectivity index (χ1) is 11.2. The van der Waals surface area contributed by atoms with Gasteiger partial charge >= 0.3 is 0 Å². The van der Waals surface area contributed by atoms with Crippen LogP contribution in [-0.2, 0) is 4.79 Å². The third-order valence-corrected chi connectivity index (χ3v) is 6.08. The molecule has 0 aliphatic heterocycles. The molecule has 1 saturated carbocycles. The average molecular weight is 348 g/mol. The van der Waals surface area contributed by atoms with Gasteiger partial charge in [0.05, 0.1) is 5.75 Å². The van der Waals surface area contributed by atoms with Gasteiger partial charge < -0.3 is 5.32 Å². The fraction of sp³-hybridized carbons (Fsp3) is 0.471. The maximum atomic E-state index is 12.0. The lowest BCUT2D eigenvalue weighted by molar-refractivity contribution is -0.113. The van der Waals surface area contributed by atoms with E-state index in [1.54, 1.807) is 0 Å². The van der Waals surface area contributed by atoms with E-state index in [1.165, 1.54) is 60.8 Å². The van der Waals surface area contributed by atoms with Crippen molar-refractivity contribution in [3.63, 3.8) is 0 Å². The summed E-state index contributed by atoms with van der Waals surface area (Å²) < 4.78 is 0.838. The molecule has 0 radical (unpaired) electrons. The summed E-state index contributed by atoms with van der Waals surface area (Å²) in [4.78, 5) is 12.0. The highest BCUT2D eigenvalue weighted by Crippen LogP contribution is 2.33. The van der Waals surface area contributed by atoms with E-state index in [2.05, 4.69) is 27.6 Å². The van der Waals surface area contributed by atoms with Crippen LogP contribution in [0.25, 0.3) is 0 Å². The highest BCUT2D eigenvalue weighted by molar-refractivity contribution is 8.01. The van der Waals surface area contributed by atoms with Crippen molar-refractivity contribution in [1.82, 2.24) is 10.2 Å². The summed E-state index contributed by atoms with van der Waals surface area (Å²) in [6.45, 7) is 1.91. The molecule has 1 fully saturated rings. The Hall–Kier alpha value is -1.40. The maximum absolute atomic E-state index is 12.0. The van der Waals surface area contributed by atoms with Gasteiger partial charge in [-0.05, 0) is 43.4 Å². The average Bonchev–Trinajstić information content (AvgIpc) is 3.00. The topological polar surface area (TPSA) is 54.9 Å². The number of hydrogen-bond donors (Lipinski definition) is 1. The van der Waals surface area contributed by atoms with Gasteiger partial charge in [-0.15, -0.1) is 10.2 Å². The maximum Gasteiger partial charge on any atom is 0.234 e. The summed E-state index contributed by atoms with van der Waals surface area (Å²) in [6.07, 6.45) is 6.64. The molecule has 6 heteroatoms. The van der Waals surface area contributed by atoms with Crippen LogP contribution in [0.3, 0.4) is 0 Å². The summed E-state index contributed by atoms with van der Waals surface area (Å²) in [7, 11) is 0. The van der Waals surface area contributed by atoms with Crippen molar-refractivity contribution in [3.8, 4) is 0 Å². The minimum Gasteiger partial charge on any atom is -0.325 e. The van der Waals surface area contributed by atoms with Crippen LogP contribution in [0.2, 0.25) is 0 Å². The van der Waals surface area contributed by atoms with E-state index in [0.717, 1.165) is 15.0 Å². The number of nitrogens with zero attached hydrogens (tertiary/aromatic N) is 2. The Bertz CT molecular complexity index is 648. The van der Waals surface area contributed by atoms with Crippen LogP contribution in [-0.4, -0.2) is 21.9 Å². The van der Waals surface area contributed by atoms with E-state index in [4.69, 9.17) is 0 Å². The molecule has 1 N–H and O–H groups in total. The van der Waals surface area contributed by atoms with Crippen LogP contribution < -0.4 is 5.32 Å². The second-order valence-electron chi connectivity index (χ2n) is 5.88. The van der Waals surface area contributed by atoms with Crippen LogP contribution in [0, 0.1) is 6.92 Å². The van der Waals surface area contributed by atoms with E-state index in [9.17, 15) is 4.79 Å². The minimum atomic E-state index is -0.00623. The van der Waals surface area contributed by atoms with Crippen molar-refractivity contribution in [3.05, 3.63) is 34.8 Å². The van der Waals surface area contributed by atoms with Crippen LogP contribution in [0.4, 0.5) is 5.69 Å². The molecule has 1 aromatic heterocycles. The SMILES string of the molecule is Cc1nnc(SCC(=O)Nc2ccc(C3CCCCC3)cc2)s1. The molecule has 3 rings (SSSR count). The first kappa shape index (κ1) is 16.5. The zero-order valence-corrected chi connectivity index (χ0v) is 14.9. The second-order valence-corrected chi connectivity index (χ2v) is 8.28. The highest BCUT2D eigenvalue weighted by atomic mass is 32.2. The van der Waals surface area contributed by atoms with Gasteiger partial charge in [-0.1, -0.05) is 54.5 Å². The van der Waals surface area contributed by atoms with Gasteiger partial charge in [-0.25, -0.2) is 0 Å². The molecule has 1 aliphatic carbocycles. The van der Waals surface area contributed by atoms with Crippen molar-refractivity contribution >= 4 is 34.7 Å². The second kappa shape index (κ2) is 7.93. The van der Waals surface area contributed by atoms with Crippen LogP contribution in [0.15, 0.2) is 28.6 Å². The Labute approximate surface area is 145 Å². The summed E-state index contributed by atoms with van der Waals surface area (Å²) in [5, 5.41) is 11.8. The molecule has 0 atom stereocenters. The van der Waals surface area contributed by atoms with Crippen molar-refractivity contribution in [2.45, 2.75) is 49.3 Å². The van der Waals surface area contributed by atoms with E-state index in [1.807, 2.05) is 19.1 Å². The fourth-order valence-corrected chi connectivity index (χ4v) is 4.55. The number of thioether (sulfide) groups is 1. The number of aryl methyl sites for hydroxylation is 1. The number of carbonyl (C=O) groups excluding carboxylic acids is 1. The molecule has 23 heavy (non-hydrogen) atoms. The zero-order chi connectivity index (χ0) is 16.1. The summed E-state index contributed by atoms with van der Waals surface area (Å²) in [5.74, 6) is 1.05. The molecule has 1 amide bonds. The Morgan fingerprint density at radius 1 is 1.22 bits per heavy atom. The Morgan fingerprint density at radius 3 is 2.61 bits per heavy atom. The molecular formula is C17H21N3OS2. The predicted octanol–water partition coefficient (Wildman–Crippen LogP) is 4.63. The number of carbonyl (C=O) groups is 1. The van der Waals surface area contributed by atoms with Gasteiger partial charge in [-0.3, -0.25) is 4.79 Å². The Morgan fingerprint density at radius 2 is 1.96 bits per heavy atom. The van der Waals surface area contributed by atoms with Gasteiger partial charge in [-0.2, -0.15) is 0 Å². The first-order valence-electron chi connectivity index (χ1n) is 8.03.